The predicted molar refractivity (Wildman–Crippen MR) is 106 cm³/mol. The molecule has 0 aliphatic rings. The first-order valence-electron chi connectivity index (χ1n) is 9.65. The van der Waals surface area contributed by atoms with Gasteiger partial charge in [0.25, 0.3) is 5.91 Å². The van der Waals surface area contributed by atoms with Crippen molar-refractivity contribution in [2.45, 2.75) is 72.0 Å². The monoisotopic (exact) mass is 379 g/mol. The Kier molecular flexibility index (Phi) is 9.29. The molecule has 6 nitrogen and oxygen atoms in total. The lowest BCUT2D eigenvalue weighted by molar-refractivity contribution is -0.136. The van der Waals surface area contributed by atoms with Gasteiger partial charge in [-0.1, -0.05) is 26.7 Å². The van der Waals surface area contributed by atoms with Gasteiger partial charge < -0.3 is 19.5 Å². The molecule has 1 amide bonds. The van der Waals surface area contributed by atoms with Crippen molar-refractivity contribution in [3.63, 3.8) is 0 Å². The van der Waals surface area contributed by atoms with Crippen LogP contribution < -0.4 is 10.1 Å². The van der Waals surface area contributed by atoms with E-state index in [1.165, 1.54) is 7.11 Å². The minimum atomic E-state index is -0.925. The summed E-state index contributed by atoms with van der Waals surface area (Å²) in [5, 5.41) is 2.85. The normalized spacial score (nSPS) is 14.1. The van der Waals surface area contributed by atoms with Crippen LogP contribution in [0.3, 0.4) is 0 Å². The number of hydrogen-bond acceptors (Lipinski definition) is 5. The first-order chi connectivity index (χ1) is 12.8. The zero-order valence-electron chi connectivity index (χ0n) is 17.4. The van der Waals surface area contributed by atoms with Crippen LogP contribution in [0.1, 0.15) is 70.7 Å². The summed E-state index contributed by atoms with van der Waals surface area (Å²) < 4.78 is 16.4. The van der Waals surface area contributed by atoms with Crippen LogP contribution in [0.15, 0.2) is 18.2 Å². The Morgan fingerprint density at radius 3 is 2.48 bits per heavy atom. The molecule has 0 spiro atoms. The van der Waals surface area contributed by atoms with E-state index in [0.717, 1.165) is 19.3 Å². The fourth-order valence-electron chi connectivity index (χ4n) is 2.46. The van der Waals surface area contributed by atoms with Gasteiger partial charge in [-0.05, 0) is 51.8 Å². The lowest BCUT2D eigenvalue weighted by Crippen LogP contribution is -2.42. The van der Waals surface area contributed by atoms with Crippen LogP contribution >= 0.6 is 0 Å². The van der Waals surface area contributed by atoms with Crippen LogP contribution in [-0.2, 0) is 14.3 Å². The number of ether oxygens (including phenoxy) is 3. The summed E-state index contributed by atoms with van der Waals surface area (Å²) in [6.07, 6.45) is 3.24. The molecule has 0 fully saturated rings. The zero-order valence-corrected chi connectivity index (χ0v) is 17.4. The summed E-state index contributed by atoms with van der Waals surface area (Å²) in [7, 11) is 1.53. The van der Waals surface area contributed by atoms with Crippen molar-refractivity contribution < 1.29 is 23.8 Å². The Balaban J connectivity index is 3.09. The molecule has 0 radical (unpaired) electrons. The number of rotatable bonds is 11. The van der Waals surface area contributed by atoms with E-state index in [1.807, 2.05) is 13.8 Å². The first kappa shape index (κ1) is 23.0. The van der Waals surface area contributed by atoms with Crippen molar-refractivity contribution in [3.8, 4) is 5.75 Å². The van der Waals surface area contributed by atoms with E-state index >= 15 is 0 Å². The van der Waals surface area contributed by atoms with Gasteiger partial charge >= 0.3 is 5.97 Å². The lowest BCUT2D eigenvalue weighted by atomic mass is 9.97. The zero-order chi connectivity index (χ0) is 20.4. The maximum Gasteiger partial charge on any atom is 0.341 e. The van der Waals surface area contributed by atoms with E-state index in [4.69, 9.17) is 14.2 Å². The number of unbranched alkanes of at least 4 members (excludes halogenated alkanes) is 1. The molecule has 2 atom stereocenters. The highest BCUT2D eigenvalue weighted by molar-refractivity contribution is 5.99. The van der Waals surface area contributed by atoms with Crippen molar-refractivity contribution in [3.05, 3.63) is 23.8 Å². The van der Waals surface area contributed by atoms with Gasteiger partial charge in [0.05, 0.1) is 12.7 Å². The van der Waals surface area contributed by atoms with E-state index in [-0.39, 0.29) is 18.6 Å². The van der Waals surface area contributed by atoms with Gasteiger partial charge in [-0.3, -0.25) is 4.79 Å². The SMILES string of the molecule is CCCC[C@](C)(OC)C(=O)Nc1ccc(O[C@H](C)CC)c(C(=O)OCC)c1. The van der Waals surface area contributed by atoms with E-state index in [0.29, 0.717) is 23.4 Å². The Labute approximate surface area is 162 Å². The number of amides is 1. The summed E-state index contributed by atoms with van der Waals surface area (Å²) in [5.74, 6) is -0.280. The van der Waals surface area contributed by atoms with Crippen LogP contribution in [0.5, 0.6) is 5.75 Å². The molecule has 0 unspecified atom stereocenters. The second-order valence-corrected chi connectivity index (χ2v) is 6.76. The molecule has 0 saturated heterocycles. The number of carbonyl (C=O) groups is 2. The minimum Gasteiger partial charge on any atom is -0.490 e. The van der Waals surface area contributed by atoms with Crippen LogP contribution in [0.2, 0.25) is 0 Å². The summed E-state index contributed by atoms with van der Waals surface area (Å²) >= 11 is 0. The Morgan fingerprint density at radius 2 is 1.93 bits per heavy atom. The molecule has 0 aliphatic heterocycles. The lowest BCUT2D eigenvalue weighted by Gasteiger charge is -2.27. The van der Waals surface area contributed by atoms with E-state index in [1.54, 1.807) is 32.0 Å². The highest BCUT2D eigenvalue weighted by Gasteiger charge is 2.32. The molecule has 152 valence electrons. The maximum atomic E-state index is 12.7. The molecule has 27 heavy (non-hydrogen) atoms. The van der Waals surface area contributed by atoms with E-state index in [9.17, 15) is 9.59 Å². The predicted octanol–water partition coefficient (Wildman–Crippen LogP) is 4.57. The topological polar surface area (TPSA) is 73.9 Å². The smallest absolute Gasteiger partial charge is 0.341 e. The second-order valence-electron chi connectivity index (χ2n) is 6.76. The average Bonchev–Trinajstić information content (AvgIpc) is 2.67. The number of carbonyl (C=O) groups excluding carboxylic acids is 2. The first-order valence-corrected chi connectivity index (χ1v) is 9.65. The van der Waals surface area contributed by atoms with Crippen LogP contribution in [0.4, 0.5) is 5.69 Å². The Hall–Kier alpha value is -2.08. The van der Waals surface area contributed by atoms with Gasteiger partial charge in [-0.15, -0.1) is 0 Å². The van der Waals surface area contributed by atoms with E-state index in [2.05, 4.69) is 12.2 Å². The summed E-state index contributed by atoms with van der Waals surface area (Å²) in [4.78, 5) is 25.0. The second kappa shape index (κ2) is 10.9. The third-order valence-electron chi connectivity index (χ3n) is 4.57. The Morgan fingerprint density at radius 1 is 1.22 bits per heavy atom. The molecular weight excluding hydrogens is 346 g/mol. The van der Waals surface area contributed by atoms with Crippen molar-refractivity contribution in [1.29, 1.82) is 0 Å². The van der Waals surface area contributed by atoms with E-state index < -0.39 is 11.6 Å². The van der Waals surface area contributed by atoms with Gasteiger partial charge in [0, 0.05) is 12.8 Å². The molecule has 1 N–H and O–H groups in total. The average molecular weight is 379 g/mol. The molecule has 0 aliphatic carbocycles. The summed E-state index contributed by atoms with van der Waals surface area (Å²) in [6, 6.07) is 4.99. The van der Waals surface area contributed by atoms with Crippen molar-refractivity contribution in [2.75, 3.05) is 19.0 Å². The molecule has 6 heteroatoms. The fraction of sp³-hybridized carbons (Fsp3) is 0.619. The standard InChI is InChI=1S/C21H33NO5/c1-7-10-13-21(5,25-6)20(24)22-16-11-12-18(27-15(4)8-2)17(14-16)19(23)26-9-3/h11-12,14-15H,7-10,13H2,1-6H3,(H,22,24)/t15-,21+/m1/s1. The molecular formula is C21H33NO5. The Bertz CT molecular complexity index is 631. The highest BCUT2D eigenvalue weighted by Crippen LogP contribution is 2.27. The fourth-order valence-corrected chi connectivity index (χ4v) is 2.46. The van der Waals surface area contributed by atoms with Crippen molar-refractivity contribution in [2.24, 2.45) is 0 Å². The third kappa shape index (κ3) is 6.54. The summed E-state index contributed by atoms with van der Waals surface area (Å²) in [6.45, 7) is 9.78. The number of nitrogens with one attached hydrogen (secondary N) is 1. The van der Waals surface area contributed by atoms with Crippen LogP contribution in [-0.4, -0.2) is 37.3 Å². The number of esters is 1. The van der Waals surface area contributed by atoms with Crippen molar-refractivity contribution in [1.82, 2.24) is 0 Å². The number of hydrogen-bond donors (Lipinski definition) is 1. The van der Waals surface area contributed by atoms with Crippen LogP contribution in [0, 0.1) is 0 Å². The molecule has 1 rings (SSSR count). The number of benzene rings is 1. The molecule has 0 bridgehead atoms. The van der Waals surface area contributed by atoms with Gasteiger partial charge in [0.1, 0.15) is 16.9 Å². The molecule has 0 aromatic heterocycles. The van der Waals surface area contributed by atoms with Crippen LogP contribution in [0.25, 0.3) is 0 Å². The molecule has 1 aromatic carbocycles. The van der Waals surface area contributed by atoms with Gasteiger partial charge in [0.15, 0.2) is 0 Å². The number of methoxy groups -OCH3 is 1. The quantitative estimate of drug-likeness (QED) is 0.570. The molecule has 1 aromatic rings. The third-order valence-corrected chi connectivity index (χ3v) is 4.57. The number of anilines is 1. The van der Waals surface area contributed by atoms with Gasteiger partial charge in [-0.2, -0.15) is 0 Å². The van der Waals surface area contributed by atoms with Gasteiger partial charge in [-0.25, -0.2) is 4.79 Å². The summed E-state index contributed by atoms with van der Waals surface area (Å²) in [5.41, 5.74) is -0.131. The molecule has 0 saturated carbocycles. The highest BCUT2D eigenvalue weighted by atomic mass is 16.5. The minimum absolute atomic E-state index is 0.0376. The molecule has 0 heterocycles. The maximum absolute atomic E-state index is 12.7. The van der Waals surface area contributed by atoms with Crippen molar-refractivity contribution >= 4 is 17.6 Å². The van der Waals surface area contributed by atoms with Gasteiger partial charge in [0.2, 0.25) is 0 Å². The largest absolute Gasteiger partial charge is 0.490 e.